The number of hydrogen-bond donors (Lipinski definition) is 2. The molecule has 20 heavy (non-hydrogen) atoms. The van der Waals surface area contributed by atoms with E-state index >= 15 is 0 Å². The number of nitrogens with zero attached hydrogens (tertiary/aromatic N) is 1. The van der Waals surface area contributed by atoms with Crippen LogP contribution < -0.4 is 11.1 Å². The van der Waals surface area contributed by atoms with Crippen LogP contribution >= 0.6 is 0 Å². The lowest BCUT2D eigenvalue weighted by Crippen LogP contribution is -2.46. The molecule has 0 radical (unpaired) electrons. The highest BCUT2D eigenvalue weighted by Gasteiger charge is 2.30. The Hall–Kier alpha value is -1.14. The molecule has 2 heterocycles. The molecule has 3 N–H and O–H groups in total. The molecule has 2 atom stereocenters. The Kier molecular flexibility index (Phi) is 5.79. The number of likely N-dealkylation sites (tertiary alicyclic amines) is 1. The fourth-order valence-corrected chi connectivity index (χ4v) is 2.89. The lowest BCUT2D eigenvalue weighted by Gasteiger charge is -2.32. The van der Waals surface area contributed by atoms with Gasteiger partial charge < -0.3 is 20.7 Å². The Labute approximate surface area is 120 Å². The molecule has 0 aromatic carbocycles. The zero-order valence-corrected chi connectivity index (χ0v) is 12.0. The standard InChI is InChI=1S/C14H25N3O3/c15-5-6-16-14(19)11-3-1-7-17(10-11)13(18)9-12-4-2-8-20-12/h11-12H,1-10,15H2,(H,16,19). The van der Waals surface area contributed by atoms with Crippen molar-refractivity contribution in [3.63, 3.8) is 0 Å². The maximum Gasteiger partial charge on any atom is 0.225 e. The maximum atomic E-state index is 12.2. The Bertz CT molecular complexity index is 343. The number of hydrogen-bond acceptors (Lipinski definition) is 4. The second-order valence-corrected chi connectivity index (χ2v) is 5.60. The molecule has 6 heteroatoms. The summed E-state index contributed by atoms with van der Waals surface area (Å²) in [6, 6.07) is 0. The molecule has 2 unspecified atom stereocenters. The molecule has 0 saturated carbocycles. The Morgan fingerprint density at radius 1 is 1.30 bits per heavy atom. The van der Waals surface area contributed by atoms with Gasteiger partial charge in [0.1, 0.15) is 0 Å². The zero-order chi connectivity index (χ0) is 14.4. The highest BCUT2D eigenvalue weighted by Crippen LogP contribution is 2.20. The molecule has 2 aliphatic rings. The molecular weight excluding hydrogens is 258 g/mol. The van der Waals surface area contributed by atoms with Gasteiger partial charge in [0, 0.05) is 32.8 Å². The number of nitrogens with two attached hydrogens (primary N) is 1. The van der Waals surface area contributed by atoms with E-state index in [-0.39, 0.29) is 23.8 Å². The van der Waals surface area contributed by atoms with Gasteiger partial charge in [-0.25, -0.2) is 0 Å². The summed E-state index contributed by atoms with van der Waals surface area (Å²) in [6.45, 7) is 3.00. The lowest BCUT2D eigenvalue weighted by atomic mass is 9.96. The van der Waals surface area contributed by atoms with Crippen LogP contribution in [0.1, 0.15) is 32.1 Å². The second kappa shape index (κ2) is 7.59. The summed E-state index contributed by atoms with van der Waals surface area (Å²) in [5, 5.41) is 2.81. The van der Waals surface area contributed by atoms with Crippen molar-refractivity contribution in [2.75, 3.05) is 32.8 Å². The highest BCUT2D eigenvalue weighted by molar-refractivity contribution is 5.81. The molecule has 0 bridgehead atoms. The van der Waals surface area contributed by atoms with Crippen molar-refractivity contribution in [1.82, 2.24) is 10.2 Å². The van der Waals surface area contributed by atoms with E-state index in [0.29, 0.717) is 26.1 Å². The van der Waals surface area contributed by atoms with Crippen molar-refractivity contribution in [3.8, 4) is 0 Å². The van der Waals surface area contributed by atoms with E-state index in [2.05, 4.69) is 5.32 Å². The van der Waals surface area contributed by atoms with E-state index in [1.807, 2.05) is 4.90 Å². The Morgan fingerprint density at radius 2 is 2.15 bits per heavy atom. The van der Waals surface area contributed by atoms with Gasteiger partial charge in [0.05, 0.1) is 18.4 Å². The van der Waals surface area contributed by atoms with E-state index in [1.54, 1.807) is 0 Å². The number of piperidine rings is 1. The van der Waals surface area contributed by atoms with Gasteiger partial charge in [-0.15, -0.1) is 0 Å². The number of amides is 2. The summed E-state index contributed by atoms with van der Waals surface area (Å²) in [5.74, 6) is 0.0436. The van der Waals surface area contributed by atoms with Crippen LogP contribution in [0.2, 0.25) is 0 Å². The largest absolute Gasteiger partial charge is 0.378 e. The van der Waals surface area contributed by atoms with E-state index in [1.165, 1.54) is 0 Å². The lowest BCUT2D eigenvalue weighted by molar-refractivity contribution is -0.137. The minimum absolute atomic E-state index is 0.0186. The zero-order valence-electron chi connectivity index (χ0n) is 12.0. The van der Waals surface area contributed by atoms with Crippen molar-refractivity contribution in [2.24, 2.45) is 11.7 Å². The van der Waals surface area contributed by atoms with Crippen LogP contribution in [0.3, 0.4) is 0 Å². The number of carbonyl (C=O) groups excluding carboxylic acids is 2. The van der Waals surface area contributed by atoms with Gasteiger partial charge in [0.25, 0.3) is 0 Å². The van der Waals surface area contributed by atoms with Crippen LogP contribution in [-0.2, 0) is 14.3 Å². The summed E-state index contributed by atoms with van der Waals surface area (Å²) in [5.41, 5.74) is 5.38. The molecule has 0 aliphatic carbocycles. The third kappa shape index (κ3) is 4.18. The summed E-state index contributed by atoms with van der Waals surface area (Å²) >= 11 is 0. The van der Waals surface area contributed by atoms with Gasteiger partial charge in [-0.1, -0.05) is 0 Å². The molecule has 2 aliphatic heterocycles. The van der Waals surface area contributed by atoms with Crippen molar-refractivity contribution in [1.29, 1.82) is 0 Å². The minimum atomic E-state index is -0.0938. The molecule has 114 valence electrons. The summed E-state index contributed by atoms with van der Waals surface area (Å²) in [7, 11) is 0. The topological polar surface area (TPSA) is 84.7 Å². The molecule has 6 nitrogen and oxygen atoms in total. The molecule has 2 amide bonds. The van der Waals surface area contributed by atoms with Crippen LogP contribution in [-0.4, -0.2) is 55.6 Å². The number of ether oxygens (including phenoxy) is 1. The van der Waals surface area contributed by atoms with Crippen LogP contribution in [0.15, 0.2) is 0 Å². The van der Waals surface area contributed by atoms with Gasteiger partial charge in [0.15, 0.2) is 0 Å². The Balaban J connectivity index is 1.79. The normalized spacial score (nSPS) is 26.6. The first-order valence-corrected chi connectivity index (χ1v) is 7.58. The fraction of sp³-hybridized carbons (Fsp3) is 0.857. The summed E-state index contributed by atoms with van der Waals surface area (Å²) in [6.07, 6.45) is 4.28. The first kappa shape index (κ1) is 15.3. The molecule has 2 saturated heterocycles. The van der Waals surface area contributed by atoms with Gasteiger partial charge in [-0.05, 0) is 25.7 Å². The van der Waals surface area contributed by atoms with E-state index in [0.717, 1.165) is 38.8 Å². The van der Waals surface area contributed by atoms with Crippen molar-refractivity contribution >= 4 is 11.8 Å². The highest BCUT2D eigenvalue weighted by atomic mass is 16.5. The Morgan fingerprint density at radius 3 is 2.85 bits per heavy atom. The van der Waals surface area contributed by atoms with Gasteiger partial charge in [-0.2, -0.15) is 0 Å². The summed E-state index contributed by atoms with van der Waals surface area (Å²) < 4.78 is 5.50. The molecular formula is C14H25N3O3. The van der Waals surface area contributed by atoms with Crippen LogP contribution in [0.5, 0.6) is 0 Å². The average molecular weight is 283 g/mol. The van der Waals surface area contributed by atoms with E-state index in [9.17, 15) is 9.59 Å². The fourth-order valence-electron chi connectivity index (χ4n) is 2.89. The van der Waals surface area contributed by atoms with Crippen molar-refractivity contribution < 1.29 is 14.3 Å². The first-order valence-electron chi connectivity index (χ1n) is 7.58. The van der Waals surface area contributed by atoms with Gasteiger partial charge >= 0.3 is 0 Å². The quantitative estimate of drug-likeness (QED) is 0.736. The SMILES string of the molecule is NCCNC(=O)C1CCCN(C(=O)CC2CCCO2)C1. The third-order valence-corrected chi connectivity index (χ3v) is 4.01. The van der Waals surface area contributed by atoms with Crippen molar-refractivity contribution in [3.05, 3.63) is 0 Å². The third-order valence-electron chi connectivity index (χ3n) is 4.01. The van der Waals surface area contributed by atoms with Crippen LogP contribution in [0, 0.1) is 5.92 Å². The average Bonchev–Trinajstić information content (AvgIpc) is 2.97. The minimum Gasteiger partial charge on any atom is -0.378 e. The first-order chi connectivity index (χ1) is 9.70. The smallest absolute Gasteiger partial charge is 0.225 e. The molecule has 2 fully saturated rings. The van der Waals surface area contributed by atoms with Crippen molar-refractivity contribution in [2.45, 2.75) is 38.2 Å². The summed E-state index contributed by atoms with van der Waals surface area (Å²) in [4.78, 5) is 26.0. The molecule has 0 spiro atoms. The number of carbonyl (C=O) groups is 2. The van der Waals surface area contributed by atoms with E-state index in [4.69, 9.17) is 10.5 Å². The maximum absolute atomic E-state index is 12.2. The second-order valence-electron chi connectivity index (χ2n) is 5.60. The van der Waals surface area contributed by atoms with Crippen LogP contribution in [0.25, 0.3) is 0 Å². The number of nitrogens with one attached hydrogen (secondary N) is 1. The molecule has 0 aromatic heterocycles. The van der Waals surface area contributed by atoms with Crippen LogP contribution in [0.4, 0.5) is 0 Å². The van der Waals surface area contributed by atoms with E-state index < -0.39 is 0 Å². The monoisotopic (exact) mass is 283 g/mol. The predicted molar refractivity (Wildman–Crippen MR) is 75.0 cm³/mol. The number of rotatable bonds is 5. The van der Waals surface area contributed by atoms with Gasteiger partial charge in [-0.3, -0.25) is 9.59 Å². The predicted octanol–water partition coefficient (Wildman–Crippen LogP) is -0.131. The molecule has 2 rings (SSSR count). The molecule has 0 aromatic rings. The van der Waals surface area contributed by atoms with Gasteiger partial charge in [0.2, 0.25) is 11.8 Å².